The largest absolute Gasteiger partial charge is 0.491 e. The van der Waals surface area contributed by atoms with Crippen molar-refractivity contribution in [2.45, 2.75) is 32.1 Å². The quantitative estimate of drug-likeness (QED) is 0.842. The minimum absolute atomic E-state index is 0.0710. The Morgan fingerprint density at radius 3 is 2.65 bits per heavy atom. The number of carbonyl (C=O) groups excluding carboxylic acids is 1. The smallest absolute Gasteiger partial charge is 0.251 e. The highest BCUT2D eigenvalue weighted by atomic mass is 35.5. The lowest BCUT2D eigenvalue weighted by Crippen LogP contribution is -2.43. The molecule has 0 aliphatic heterocycles. The highest BCUT2D eigenvalue weighted by Crippen LogP contribution is 2.56. The third kappa shape index (κ3) is 2.63. The van der Waals surface area contributed by atoms with Gasteiger partial charge < -0.3 is 10.5 Å². The zero-order chi connectivity index (χ0) is 16.2. The van der Waals surface area contributed by atoms with Gasteiger partial charge in [-0.2, -0.15) is 0 Å². The van der Waals surface area contributed by atoms with Crippen LogP contribution in [0.4, 0.5) is 4.39 Å². The van der Waals surface area contributed by atoms with Crippen LogP contribution in [-0.4, -0.2) is 12.5 Å². The predicted molar refractivity (Wildman–Crippen MR) is 86.0 cm³/mol. The Labute approximate surface area is 139 Å². The van der Waals surface area contributed by atoms with Crippen LogP contribution in [0.1, 0.15) is 42.5 Å². The molecular formula is C18H19ClFNO2. The van der Waals surface area contributed by atoms with E-state index < -0.39 is 11.7 Å². The summed E-state index contributed by atoms with van der Waals surface area (Å²) >= 11 is 6.12. The Morgan fingerprint density at radius 2 is 2.04 bits per heavy atom. The van der Waals surface area contributed by atoms with Crippen molar-refractivity contribution in [1.82, 2.24) is 0 Å². The van der Waals surface area contributed by atoms with Crippen LogP contribution in [0.2, 0.25) is 5.02 Å². The summed E-state index contributed by atoms with van der Waals surface area (Å²) < 4.78 is 19.8. The molecular weight excluding hydrogens is 317 g/mol. The minimum atomic E-state index is -0.832. The number of allylic oxidation sites excluding steroid dienone is 1. The summed E-state index contributed by atoms with van der Waals surface area (Å²) in [5.41, 5.74) is 6.55. The number of halogens is 2. The van der Waals surface area contributed by atoms with E-state index in [0.29, 0.717) is 6.61 Å². The van der Waals surface area contributed by atoms with Gasteiger partial charge in [-0.1, -0.05) is 23.3 Å². The molecule has 122 valence electrons. The number of nitrogens with two attached hydrogens (primary N) is 1. The second kappa shape index (κ2) is 5.23. The van der Waals surface area contributed by atoms with Crippen LogP contribution in [0.3, 0.4) is 0 Å². The van der Waals surface area contributed by atoms with Crippen LogP contribution in [0, 0.1) is 23.1 Å². The van der Waals surface area contributed by atoms with Gasteiger partial charge in [-0.15, -0.1) is 0 Å². The zero-order valence-corrected chi connectivity index (χ0v) is 13.5. The van der Waals surface area contributed by atoms with Crippen molar-refractivity contribution in [1.29, 1.82) is 0 Å². The molecule has 0 aromatic heterocycles. The molecule has 0 heterocycles. The maximum Gasteiger partial charge on any atom is 0.251 e. The van der Waals surface area contributed by atoms with Gasteiger partial charge in [0, 0.05) is 11.5 Å². The third-order valence-corrected chi connectivity index (χ3v) is 5.77. The van der Waals surface area contributed by atoms with E-state index in [4.69, 9.17) is 22.1 Å². The van der Waals surface area contributed by atoms with Gasteiger partial charge in [-0.05, 0) is 50.0 Å². The first-order valence-electron chi connectivity index (χ1n) is 8.06. The first kappa shape index (κ1) is 15.0. The van der Waals surface area contributed by atoms with E-state index in [0.717, 1.165) is 30.7 Å². The van der Waals surface area contributed by atoms with Gasteiger partial charge >= 0.3 is 0 Å². The van der Waals surface area contributed by atoms with Crippen LogP contribution in [-0.2, 0) is 0 Å². The fourth-order valence-corrected chi connectivity index (χ4v) is 5.10. The first-order valence-corrected chi connectivity index (χ1v) is 8.44. The molecule has 0 saturated heterocycles. The average molecular weight is 336 g/mol. The van der Waals surface area contributed by atoms with E-state index in [9.17, 15) is 9.18 Å². The molecule has 2 unspecified atom stereocenters. The van der Waals surface area contributed by atoms with Crippen molar-refractivity contribution >= 4 is 17.5 Å². The van der Waals surface area contributed by atoms with E-state index in [-0.39, 0.29) is 21.8 Å². The van der Waals surface area contributed by atoms with Gasteiger partial charge in [-0.25, -0.2) is 4.39 Å². The van der Waals surface area contributed by atoms with Gasteiger partial charge in [0.2, 0.25) is 0 Å². The van der Waals surface area contributed by atoms with E-state index in [2.05, 4.69) is 6.08 Å². The Balaban J connectivity index is 1.55. The molecule has 5 rings (SSSR count). The lowest BCUT2D eigenvalue weighted by atomic mass is 9.55. The van der Waals surface area contributed by atoms with Crippen LogP contribution in [0.25, 0.3) is 0 Å². The molecule has 4 aliphatic carbocycles. The summed E-state index contributed by atoms with van der Waals surface area (Å²) in [4.78, 5) is 11.1. The highest BCUT2D eigenvalue weighted by molar-refractivity contribution is 6.32. The van der Waals surface area contributed by atoms with Crippen LogP contribution in [0.15, 0.2) is 23.8 Å². The van der Waals surface area contributed by atoms with Crippen LogP contribution >= 0.6 is 11.6 Å². The zero-order valence-electron chi connectivity index (χ0n) is 12.8. The summed E-state index contributed by atoms with van der Waals surface area (Å²) in [5.74, 6) is 0.303. The van der Waals surface area contributed by atoms with Crippen LogP contribution in [0.5, 0.6) is 5.75 Å². The summed E-state index contributed by atoms with van der Waals surface area (Å²) in [5, 5.41) is 0.220. The molecule has 2 fully saturated rings. The van der Waals surface area contributed by atoms with Crippen molar-refractivity contribution in [3.8, 4) is 5.75 Å². The molecule has 2 saturated carbocycles. The van der Waals surface area contributed by atoms with E-state index >= 15 is 0 Å². The van der Waals surface area contributed by atoms with Gasteiger partial charge in [-0.3, -0.25) is 4.79 Å². The van der Waals surface area contributed by atoms with Gasteiger partial charge in [0.25, 0.3) is 5.91 Å². The maximum absolute atomic E-state index is 13.9. The topological polar surface area (TPSA) is 52.3 Å². The lowest BCUT2D eigenvalue weighted by molar-refractivity contribution is 0.0454. The number of benzene rings is 1. The van der Waals surface area contributed by atoms with Crippen molar-refractivity contribution in [2.75, 3.05) is 6.61 Å². The number of hydrogen-bond donors (Lipinski definition) is 1. The Hall–Kier alpha value is -1.55. The monoisotopic (exact) mass is 335 g/mol. The van der Waals surface area contributed by atoms with Crippen molar-refractivity contribution in [3.63, 3.8) is 0 Å². The lowest BCUT2D eigenvalue weighted by Gasteiger charge is -2.51. The molecule has 1 amide bonds. The first-order chi connectivity index (χ1) is 10.9. The normalized spacial score (nSPS) is 31.1. The fraction of sp³-hybridized carbons (Fsp3) is 0.500. The van der Waals surface area contributed by atoms with Crippen LogP contribution < -0.4 is 10.5 Å². The summed E-state index contributed by atoms with van der Waals surface area (Å²) in [6.07, 6.45) is 8.49. The SMILES string of the molecule is NC(=O)c1cc(Cl)c(OCC23C=C4CC(CC(C4)C2)C3)cc1F. The number of ether oxygens (including phenoxy) is 1. The molecule has 23 heavy (non-hydrogen) atoms. The van der Waals surface area contributed by atoms with Gasteiger partial charge in [0.15, 0.2) is 0 Å². The van der Waals surface area contributed by atoms with Gasteiger partial charge in [0.05, 0.1) is 17.2 Å². The molecule has 0 radical (unpaired) electrons. The minimum Gasteiger partial charge on any atom is -0.491 e. The molecule has 2 N–H and O–H groups in total. The molecule has 4 bridgehead atoms. The summed E-state index contributed by atoms with van der Waals surface area (Å²) in [6.45, 7) is 0.512. The van der Waals surface area contributed by atoms with Crippen molar-refractivity contribution in [2.24, 2.45) is 23.0 Å². The fourth-order valence-electron chi connectivity index (χ4n) is 4.88. The molecule has 4 aliphatic rings. The number of rotatable bonds is 4. The second-order valence-electron chi connectivity index (χ2n) is 7.36. The van der Waals surface area contributed by atoms with Gasteiger partial charge in [0.1, 0.15) is 11.6 Å². The summed E-state index contributed by atoms with van der Waals surface area (Å²) in [6, 6.07) is 2.41. The standard InChI is InChI=1S/C18H19ClFNO2/c19-14-4-13(17(21)22)15(20)5-16(14)23-9-18-6-10-1-11(7-18)3-12(2-10)8-18/h4-6,11-12H,1-3,7-9H2,(H2,21,22). The number of hydrogen-bond acceptors (Lipinski definition) is 2. The molecule has 2 atom stereocenters. The van der Waals surface area contributed by atoms with E-state index in [1.165, 1.54) is 25.3 Å². The van der Waals surface area contributed by atoms with E-state index in [1.807, 2.05) is 0 Å². The number of amides is 1. The number of carbonyl (C=O) groups is 1. The Morgan fingerprint density at radius 1 is 1.35 bits per heavy atom. The van der Waals surface area contributed by atoms with Crippen molar-refractivity contribution < 1.29 is 13.9 Å². The van der Waals surface area contributed by atoms with Crippen molar-refractivity contribution in [3.05, 3.63) is 40.2 Å². The predicted octanol–water partition coefficient (Wildman–Crippen LogP) is 4.09. The second-order valence-corrected chi connectivity index (χ2v) is 7.77. The van der Waals surface area contributed by atoms with E-state index in [1.54, 1.807) is 5.57 Å². The average Bonchev–Trinajstić information content (AvgIpc) is 2.46. The molecule has 0 spiro atoms. The molecule has 5 heteroatoms. The molecule has 1 aromatic rings. The molecule has 1 aromatic carbocycles. The maximum atomic E-state index is 13.9. The third-order valence-electron chi connectivity index (χ3n) is 5.47. The summed E-state index contributed by atoms with van der Waals surface area (Å²) in [7, 11) is 0. The Bertz CT molecular complexity index is 699. The molecule has 3 nitrogen and oxygen atoms in total. The highest BCUT2D eigenvalue weighted by Gasteiger charge is 2.47. The number of primary amides is 1. The Kier molecular flexibility index (Phi) is 3.41.